The van der Waals surface area contributed by atoms with Crippen LogP contribution in [0.4, 0.5) is 5.69 Å². The van der Waals surface area contributed by atoms with Crippen LogP contribution in [0.1, 0.15) is 12.0 Å². The maximum Gasteiger partial charge on any atom is 0.224 e. The van der Waals surface area contributed by atoms with E-state index in [2.05, 4.69) is 5.32 Å². The van der Waals surface area contributed by atoms with Gasteiger partial charge in [-0.15, -0.1) is 0 Å². The predicted octanol–water partition coefficient (Wildman–Crippen LogP) is 7.01. The quantitative estimate of drug-likeness (QED) is 0.466. The molecule has 6 heteroatoms. The van der Waals surface area contributed by atoms with Crippen molar-refractivity contribution in [2.75, 3.05) is 5.32 Å². The number of hydrogen-bond acceptors (Lipinski definition) is 2. The summed E-state index contributed by atoms with van der Waals surface area (Å²) in [6.45, 7) is 0. The number of carbonyl (C=O) groups excluding carboxylic acids is 1. The monoisotopic (exact) mass is 419 g/mol. The van der Waals surface area contributed by atoms with Crippen LogP contribution in [0.3, 0.4) is 0 Å². The third kappa shape index (κ3) is 5.39. The van der Waals surface area contributed by atoms with Gasteiger partial charge in [-0.05, 0) is 54.4 Å². The van der Waals surface area contributed by atoms with Gasteiger partial charge >= 0.3 is 0 Å². The third-order valence-corrected chi connectivity index (χ3v) is 4.79. The lowest BCUT2D eigenvalue weighted by atomic mass is 10.1. The Bertz CT molecular complexity index is 925. The number of carbonyl (C=O) groups is 1. The number of ether oxygens (including phenoxy) is 1. The van der Waals surface area contributed by atoms with Gasteiger partial charge in [0.2, 0.25) is 5.91 Å². The second-order valence-corrected chi connectivity index (χ2v) is 7.05. The van der Waals surface area contributed by atoms with Crippen molar-refractivity contribution in [3.05, 3.63) is 87.4 Å². The molecule has 0 saturated carbocycles. The zero-order valence-corrected chi connectivity index (χ0v) is 16.5. The molecule has 3 rings (SSSR count). The summed E-state index contributed by atoms with van der Waals surface area (Å²) >= 11 is 18.4. The Morgan fingerprint density at radius 1 is 0.889 bits per heavy atom. The molecule has 0 aliphatic carbocycles. The van der Waals surface area contributed by atoms with E-state index >= 15 is 0 Å². The number of amides is 1. The third-order valence-electron chi connectivity index (χ3n) is 3.85. The first kappa shape index (κ1) is 19.6. The van der Waals surface area contributed by atoms with Crippen LogP contribution < -0.4 is 10.1 Å². The largest absolute Gasteiger partial charge is 0.455 e. The smallest absolute Gasteiger partial charge is 0.224 e. The Morgan fingerprint density at radius 3 is 2.30 bits per heavy atom. The fourth-order valence-electron chi connectivity index (χ4n) is 2.53. The Balaban J connectivity index is 1.71. The average molecular weight is 421 g/mol. The van der Waals surface area contributed by atoms with Gasteiger partial charge < -0.3 is 10.1 Å². The molecule has 0 fully saturated rings. The minimum absolute atomic E-state index is 0.189. The lowest BCUT2D eigenvalue weighted by Gasteiger charge is -2.13. The molecule has 0 aliphatic rings. The summed E-state index contributed by atoms with van der Waals surface area (Å²) in [4.78, 5) is 12.4. The van der Waals surface area contributed by atoms with Gasteiger partial charge in [0.15, 0.2) is 5.75 Å². The summed E-state index contributed by atoms with van der Waals surface area (Å²) in [6.07, 6.45) is 0.653. The molecule has 3 aromatic rings. The highest BCUT2D eigenvalue weighted by molar-refractivity contribution is 6.36. The molecule has 0 unspecified atom stereocenters. The SMILES string of the molecule is O=C(CCc1c(Cl)cccc1Cl)Nc1cc(Cl)ccc1Oc1ccccc1. The second-order valence-electron chi connectivity index (χ2n) is 5.80. The molecular weight excluding hydrogens is 405 g/mol. The predicted molar refractivity (Wildman–Crippen MR) is 111 cm³/mol. The van der Waals surface area contributed by atoms with Gasteiger partial charge in [-0.3, -0.25) is 4.79 Å². The van der Waals surface area contributed by atoms with E-state index in [1.165, 1.54) is 0 Å². The maximum absolute atomic E-state index is 12.4. The number of benzene rings is 3. The molecule has 3 aromatic carbocycles. The van der Waals surface area contributed by atoms with E-state index in [-0.39, 0.29) is 12.3 Å². The molecule has 1 amide bonds. The van der Waals surface area contributed by atoms with E-state index in [0.717, 1.165) is 5.56 Å². The maximum atomic E-state index is 12.4. The van der Waals surface area contributed by atoms with Crippen LogP contribution in [0.5, 0.6) is 11.5 Å². The van der Waals surface area contributed by atoms with E-state index in [4.69, 9.17) is 39.5 Å². The second kappa shape index (κ2) is 9.14. The fourth-order valence-corrected chi connectivity index (χ4v) is 3.29. The molecule has 0 spiro atoms. The lowest BCUT2D eigenvalue weighted by Crippen LogP contribution is -2.13. The first-order valence-electron chi connectivity index (χ1n) is 8.28. The average Bonchev–Trinajstić information content (AvgIpc) is 2.64. The normalized spacial score (nSPS) is 10.5. The summed E-state index contributed by atoms with van der Waals surface area (Å²) in [5, 5.41) is 4.44. The van der Waals surface area contributed by atoms with Crippen molar-refractivity contribution in [1.29, 1.82) is 0 Å². The van der Waals surface area contributed by atoms with Crippen LogP contribution in [-0.2, 0) is 11.2 Å². The van der Waals surface area contributed by atoms with Gasteiger partial charge in [0.1, 0.15) is 5.75 Å². The van der Waals surface area contributed by atoms with E-state index in [9.17, 15) is 4.79 Å². The molecule has 138 valence electrons. The summed E-state index contributed by atoms with van der Waals surface area (Å²) in [5.74, 6) is 0.985. The fraction of sp³-hybridized carbons (Fsp3) is 0.0952. The summed E-state index contributed by atoms with van der Waals surface area (Å²) < 4.78 is 5.85. The molecule has 0 aliphatic heterocycles. The van der Waals surface area contributed by atoms with Gasteiger partial charge in [0, 0.05) is 21.5 Å². The number of para-hydroxylation sites is 1. The minimum atomic E-state index is -0.189. The topological polar surface area (TPSA) is 38.3 Å². The Morgan fingerprint density at radius 2 is 1.59 bits per heavy atom. The molecule has 1 N–H and O–H groups in total. The number of halogens is 3. The van der Waals surface area contributed by atoms with Crippen LogP contribution in [0.15, 0.2) is 66.7 Å². The van der Waals surface area contributed by atoms with Crippen molar-refractivity contribution in [2.24, 2.45) is 0 Å². The van der Waals surface area contributed by atoms with Crippen molar-refractivity contribution in [3.8, 4) is 11.5 Å². The molecule has 3 nitrogen and oxygen atoms in total. The Kier molecular flexibility index (Phi) is 6.62. The highest BCUT2D eigenvalue weighted by atomic mass is 35.5. The lowest BCUT2D eigenvalue weighted by molar-refractivity contribution is -0.116. The molecule has 0 atom stereocenters. The van der Waals surface area contributed by atoms with Gasteiger partial charge in [0.25, 0.3) is 0 Å². The van der Waals surface area contributed by atoms with E-state index < -0.39 is 0 Å². The van der Waals surface area contributed by atoms with Crippen LogP contribution in [0.2, 0.25) is 15.1 Å². The van der Waals surface area contributed by atoms with Gasteiger partial charge in [-0.2, -0.15) is 0 Å². The number of rotatable bonds is 6. The van der Waals surface area contributed by atoms with Crippen molar-refractivity contribution in [2.45, 2.75) is 12.8 Å². The highest BCUT2D eigenvalue weighted by Gasteiger charge is 2.12. The van der Waals surface area contributed by atoms with Crippen LogP contribution >= 0.6 is 34.8 Å². The molecule has 0 bridgehead atoms. The number of anilines is 1. The van der Waals surface area contributed by atoms with Crippen LogP contribution in [0, 0.1) is 0 Å². The van der Waals surface area contributed by atoms with E-state index in [1.807, 2.05) is 30.3 Å². The highest BCUT2D eigenvalue weighted by Crippen LogP contribution is 2.32. The minimum Gasteiger partial charge on any atom is -0.455 e. The molecule has 27 heavy (non-hydrogen) atoms. The van der Waals surface area contributed by atoms with Crippen molar-refractivity contribution < 1.29 is 9.53 Å². The van der Waals surface area contributed by atoms with Crippen LogP contribution in [-0.4, -0.2) is 5.91 Å². The molecule has 0 saturated heterocycles. The molecule has 0 radical (unpaired) electrons. The Hall–Kier alpha value is -2.20. The van der Waals surface area contributed by atoms with Crippen molar-refractivity contribution >= 4 is 46.4 Å². The zero-order chi connectivity index (χ0) is 19.2. The van der Waals surface area contributed by atoms with Crippen molar-refractivity contribution in [1.82, 2.24) is 0 Å². The molecule has 0 aromatic heterocycles. The summed E-state index contributed by atoms with van der Waals surface area (Å²) in [7, 11) is 0. The molecule has 0 heterocycles. The van der Waals surface area contributed by atoms with Crippen LogP contribution in [0.25, 0.3) is 0 Å². The zero-order valence-electron chi connectivity index (χ0n) is 14.2. The van der Waals surface area contributed by atoms with E-state index in [0.29, 0.717) is 38.7 Å². The standard InChI is InChI=1S/C21H16Cl3NO2/c22-14-9-11-20(27-15-5-2-1-3-6-15)19(13-14)25-21(26)12-10-16-17(23)7-4-8-18(16)24/h1-9,11,13H,10,12H2,(H,25,26). The number of hydrogen-bond donors (Lipinski definition) is 1. The van der Waals surface area contributed by atoms with Gasteiger partial charge in [-0.1, -0.05) is 59.1 Å². The van der Waals surface area contributed by atoms with E-state index in [1.54, 1.807) is 36.4 Å². The van der Waals surface area contributed by atoms with Gasteiger partial charge in [-0.25, -0.2) is 0 Å². The first-order valence-corrected chi connectivity index (χ1v) is 9.41. The Labute approximate surface area is 172 Å². The van der Waals surface area contributed by atoms with Crippen molar-refractivity contribution in [3.63, 3.8) is 0 Å². The number of nitrogens with one attached hydrogen (secondary N) is 1. The summed E-state index contributed by atoms with van der Waals surface area (Å²) in [6, 6.07) is 19.7. The molecular formula is C21H16Cl3NO2. The first-order chi connectivity index (χ1) is 13.0. The van der Waals surface area contributed by atoms with Gasteiger partial charge in [0.05, 0.1) is 5.69 Å². The summed E-state index contributed by atoms with van der Waals surface area (Å²) in [5.41, 5.74) is 1.25.